The lowest BCUT2D eigenvalue weighted by Gasteiger charge is -2.17. The minimum atomic E-state index is 0.813. The summed E-state index contributed by atoms with van der Waals surface area (Å²) in [6.07, 6.45) is 0. The molecule has 4 heteroatoms. The van der Waals surface area contributed by atoms with E-state index in [0.717, 1.165) is 61.1 Å². The van der Waals surface area contributed by atoms with Crippen LogP contribution in [0.25, 0.3) is 99.0 Å². The fraction of sp³-hybridized carbons (Fsp3) is 0. The highest BCUT2D eigenvalue weighted by atomic mass is 15.1. The van der Waals surface area contributed by atoms with E-state index in [1.807, 2.05) is 0 Å². The summed E-state index contributed by atoms with van der Waals surface area (Å²) in [4.78, 5) is 11.3. The number of aromatic nitrogens is 4. The third-order valence-corrected chi connectivity index (χ3v) is 10.3. The summed E-state index contributed by atoms with van der Waals surface area (Å²) >= 11 is 0. The average molecular weight is 637 g/mol. The van der Waals surface area contributed by atoms with Crippen LogP contribution in [0.5, 0.6) is 0 Å². The highest BCUT2D eigenvalue weighted by molar-refractivity contribution is 6.25. The molecule has 11 rings (SSSR count). The molecule has 0 saturated carbocycles. The van der Waals surface area contributed by atoms with E-state index in [2.05, 4.69) is 179 Å². The molecule has 50 heavy (non-hydrogen) atoms. The Morgan fingerprint density at radius 2 is 0.760 bits per heavy atom. The number of nitrogens with zero attached hydrogens (tertiary/aromatic N) is 4. The zero-order valence-corrected chi connectivity index (χ0v) is 27.0. The SMILES string of the molecule is c1ccc(-c2nc3c4ccccc4c4ccccc4c3nc2-n2c3ccccc3c3ccc4c5ccccc5n(-c5ccccc5)c4c32)cc1. The molecule has 0 saturated heterocycles. The van der Waals surface area contributed by atoms with Crippen LogP contribution in [0.3, 0.4) is 0 Å². The van der Waals surface area contributed by atoms with Crippen molar-refractivity contribution < 1.29 is 0 Å². The molecule has 4 nitrogen and oxygen atoms in total. The lowest BCUT2D eigenvalue weighted by atomic mass is 9.99. The van der Waals surface area contributed by atoms with Gasteiger partial charge in [0.2, 0.25) is 0 Å². The minimum absolute atomic E-state index is 0.813. The van der Waals surface area contributed by atoms with E-state index in [0.29, 0.717) is 0 Å². The number of para-hydroxylation sites is 3. The summed E-state index contributed by atoms with van der Waals surface area (Å²) in [6, 6.07) is 60.4. The monoisotopic (exact) mass is 636 g/mol. The molecule has 0 fully saturated rings. The smallest absolute Gasteiger partial charge is 0.165 e. The van der Waals surface area contributed by atoms with Gasteiger partial charge >= 0.3 is 0 Å². The Balaban J connectivity index is 1.40. The van der Waals surface area contributed by atoms with Gasteiger partial charge in [0.15, 0.2) is 5.82 Å². The average Bonchev–Trinajstić information content (AvgIpc) is 3.71. The maximum Gasteiger partial charge on any atom is 0.165 e. The van der Waals surface area contributed by atoms with Crippen LogP contribution in [0.15, 0.2) is 170 Å². The predicted molar refractivity (Wildman–Crippen MR) is 209 cm³/mol. The molecule has 0 aliphatic carbocycles. The van der Waals surface area contributed by atoms with Gasteiger partial charge in [0.05, 0.1) is 33.1 Å². The standard InChI is InChI=1S/C46H28N4/c1-3-15-29(16-4-1)41-46(48-43-36-24-10-8-20-32(36)31-19-7-9-23-35(31)42(43)47-41)50-40-26-14-12-22-34(40)38-28-27-37-33-21-11-13-25-39(33)49(44(37)45(38)50)30-17-5-2-6-18-30/h1-28H. The number of benzene rings is 8. The van der Waals surface area contributed by atoms with Crippen molar-refractivity contribution in [2.45, 2.75) is 0 Å². The van der Waals surface area contributed by atoms with Crippen molar-refractivity contribution in [2.75, 3.05) is 0 Å². The van der Waals surface area contributed by atoms with Gasteiger partial charge in [-0.1, -0.05) is 146 Å². The fourth-order valence-corrected chi connectivity index (χ4v) is 8.16. The third kappa shape index (κ3) is 3.70. The topological polar surface area (TPSA) is 35.6 Å². The molecule has 11 aromatic rings. The van der Waals surface area contributed by atoms with E-state index in [1.54, 1.807) is 0 Å². The van der Waals surface area contributed by atoms with E-state index in [9.17, 15) is 0 Å². The Bertz CT molecular complexity index is 3140. The molecule has 3 heterocycles. The van der Waals surface area contributed by atoms with Gasteiger partial charge in [0, 0.05) is 43.6 Å². The number of fused-ring (bicyclic) bond motifs is 13. The van der Waals surface area contributed by atoms with E-state index in [4.69, 9.17) is 9.97 Å². The first kappa shape index (κ1) is 27.2. The van der Waals surface area contributed by atoms with Crippen molar-refractivity contribution in [3.63, 3.8) is 0 Å². The van der Waals surface area contributed by atoms with Crippen molar-refractivity contribution in [1.82, 2.24) is 19.1 Å². The minimum Gasteiger partial charge on any atom is -0.307 e. The molecule has 0 aliphatic rings. The maximum atomic E-state index is 5.73. The molecule has 3 aromatic heterocycles. The van der Waals surface area contributed by atoms with E-state index < -0.39 is 0 Å². The van der Waals surface area contributed by atoms with Crippen molar-refractivity contribution in [3.05, 3.63) is 170 Å². The van der Waals surface area contributed by atoms with Crippen LogP contribution in [-0.4, -0.2) is 19.1 Å². The van der Waals surface area contributed by atoms with Gasteiger partial charge in [-0.25, -0.2) is 9.97 Å². The van der Waals surface area contributed by atoms with Crippen LogP contribution >= 0.6 is 0 Å². The van der Waals surface area contributed by atoms with Crippen LogP contribution in [0.2, 0.25) is 0 Å². The van der Waals surface area contributed by atoms with Gasteiger partial charge in [0.25, 0.3) is 0 Å². The summed E-state index contributed by atoms with van der Waals surface area (Å²) in [5.41, 5.74) is 9.32. The lowest BCUT2D eigenvalue weighted by molar-refractivity contribution is 1.08. The molecular weight excluding hydrogens is 609 g/mol. The zero-order chi connectivity index (χ0) is 32.8. The molecule has 0 unspecified atom stereocenters. The van der Waals surface area contributed by atoms with Gasteiger partial charge in [-0.05, 0) is 35.0 Å². The predicted octanol–water partition coefficient (Wildman–Crippen LogP) is 11.8. The summed E-state index contributed by atoms with van der Waals surface area (Å²) in [5.74, 6) is 0.813. The number of hydrogen-bond donors (Lipinski definition) is 0. The van der Waals surface area contributed by atoms with Gasteiger partial charge < -0.3 is 4.57 Å². The largest absolute Gasteiger partial charge is 0.307 e. The molecule has 0 atom stereocenters. The van der Waals surface area contributed by atoms with Gasteiger partial charge in [-0.3, -0.25) is 4.57 Å². The molecule has 0 N–H and O–H groups in total. The molecule has 0 amide bonds. The second-order valence-corrected chi connectivity index (χ2v) is 12.9. The lowest BCUT2D eigenvalue weighted by Crippen LogP contribution is -2.05. The third-order valence-electron chi connectivity index (χ3n) is 10.3. The first-order chi connectivity index (χ1) is 24.8. The first-order valence-corrected chi connectivity index (χ1v) is 17.0. The van der Waals surface area contributed by atoms with E-state index in [-0.39, 0.29) is 0 Å². The molecule has 232 valence electrons. The normalized spacial score (nSPS) is 12.0. The van der Waals surface area contributed by atoms with Crippen molar-refractivity contribution in [2.24, 2.45) is 0 Å². The molecule has 0 radical (unpaired) electrons. The van der Waals surface area contributed by atoms with Gasteiger partial charge in [0.1, 0.15) is 5.69 Å². The quantitative estimate of drug-likeness (QED) is 0.181. The van der Waals surface area contributed by atoms with E-state index >= 15 is 0 Å². The number of hydrogen-bond acceptors (Lipinski definition) is 2. The summed E-state index contributed by atoms with van der Waals surface area (Å²) in [7, 11) is 0. The Labute approximate surface area is 287 Å². The van der Waals surface area contributed by atoms with Gasteiger partial charge in [-0.15, -0.1) is 0 Å². The highest BCUT2D eigenvalue weighted by Crippen LogP contribution is 2.43. The van der Waals surface area contributed by atoms with Crippen LogP contribution in [0.4, 0.5) is 0 Å². The van der Waals surface area contributed by atoms with E-state index in [1.165, 1.54) is 37.8 Å². The van der Waals surface area contributed by atoms with Crippen molar-refractivity contribution >= 4 is 76.2 Å². The Morgan fingerprint density at radius 3 is 1.36 bits per heavy atom. The molecular formula is C46H28N4. The Kier molecular flexibility index (Phi) is 5.63. The first-order valence-electron chi connectivity index (χ1n) is 17.0. The van der Waals surface area contributed by atoms with Gasteiger partial charge in [-0.2, -0.15) is 0 Å². The zero-order valence-electron chi connectivity index (χ0n) is 27.0. The van der Waals surface area contributed by atoms with Crippen LogP contribution in [-0.2, 0) is 0 Å². The molecule has 0 aliphatic heterocycles. The Morgan fingerprint density at radius 1 is 0.320 bits per heavy atom. The van der Waals surface area contributed by atoms with Crippen LogP contribution in [0.1, 0.15) is 0 Å². The molecule has 8 aromatic carbocycles. The highest BCUT2D eigenvalue weighted by Gasteiger charge is 2.25. The summed E-state index contributed by atoms with van der Waals surface area (Å²) in [6.45, 7) is 0. The summed E-state index contributed by atoms with van der Waals surface area (Å²) in [5, 5.41) is 9.34. The van der Waals surface area contributed by atoms with Crippen molar-refractivity contribution in [3.8, 4) is 22.8 Å². The summed E-state index contributed by atoms with van der Waals surface area (Å²) < 4.78 is 4.80. The maximum absolute atomic E-state index is 5.73. The second-order valence-electron chi connectivity index (χ2n) is 12.9. The molecule has 0 spiro atoms. The van der Waals surface area contributed by atoms with Crippen LogP contribution in [0, 0.1) is 0 Å². The Hall–Kier alpha value is -6.78. The van der Waals surface area contributed by atoms with Crippen molar-refractivity contribution in [1.29, 1.82) is 0 Å². The number of rotatable bonds is 3. The molecule has 0 bridgehead atoms. The fourth-order valence-electron chi connectivity index (χ4n) is 8.16. The van der Waals surface area contributed by atoms with Crippen LogP contribution < -0.4 is 0 Å². The second kappa shape index (κ2) is 10.4.